The number of ketones is 1. The van der Waals surface area contributed by atoms with Gasteiger partial charge in [-0.05, 0) is 90.3 Å². The second-order valence-corrected chi connectivity index (χ2v) is 11.6. The van der Waals surface area contributed by atoms with E-state index in [1.54, 1.807) is 24.4 Å². The van der Waals surface area contributed by atoms with Gasteiger partial charge in [0, 0.05) is 24.2 Å². The number of rotatable bonds is 5. The fourth-order valence-corrected chi connectivity index (χ4v) is 6.53. The quantitative estimate of drug-likeness (QED) is 0.169. The lowest BCUT2D eigenvalue weighted by Crippen LogP contribution is -2.49. The van der Waals surface area contributed by atoms with Crippen LogP contribution in [0.15, 0.2) is 89.6 Å². The zero-order chi connectivity index (χ0) is 27.2. The van der Waals surface area contributed by atoms with Gasteiger partial charge in [-0.1, -0.05) is 23.8 Å². The Bertz CT molecular complexity index is 1550. The van der Waals surface area contributed by atoms with Crippen LogP contribution < -0.4 is 5.30 Å². The molecule has 0 radical (unpaired) electrons. The molecule has 6 rings (SSSR count). The van der Waals surface area contributed by atoms with E-state index in [4.69, 9.17) is 0 Å². The van der Waals surface area contributed by atoms with E-state index in [9.17, 15) is 18.0 Å². The van der Waals surface area contributed by atoms with Gasteiger partial charge in [-0.2, -0.15) is 18.3 Å². The number of Topliss-reactive ketones (excluding diaryl/α,β-unsaturated/α-hetero) is 1. The fraction of sp³-hybridized carbons (Fsp3) is 0.207. The van der Waals surface area contributed by atoms with Gasteiger partial charge >= 0.3 is 6.18 Å². The zero-order valence-corrected chi connectivity index (χ0v) is 22.7. The van der Waals surface area contributed by atoms with Crippen LogP contribution in [0.25, 0.3) is 11.8 Å². The van der Waals surface area contributed by atoms with E-state index in [0.29, 0.717) is 36.5 Å². The minimum Gasteiger partial charge on any atom is -0.291 e. The maximum atomic E-state index is 14.1. The van der Waals surface area contributed by atoms with Crippen LogP contribution in [0, 0.1) is 5.41 Å². The van der Waals surface area contributed by atoms with Crippen LogP contribution in [0.3, 0.4) is 0 Å². The van der Waals surface area contributed by atoms with Gasteiger partial charge in [0.15, 0.2) is 5.78 Å². The summed E-state index contributed by atoms with van der Waals surface area (Å²) in [5.41, 5.74) is 2.78. The number of halogens is 3. The van der Waals surface area contributed by atoms with Crippen molar-refractivity contribution in [3.8, 4) is 5.69 Å². The average Bonchev–Trinajstić information content (AvgIpc) is 3.34. The van der Waals surface area contributed by atoms with E-state index in [0.717, 1.165) is 40.0 Å². The lowest BCUT2D eigenvalue weighted by Gasteiger charge is -2.44. The minimum absolute atomic E-state index is 0.0576. The average molecular weight is 565 g/mol. The van der Waals surface area contributed by atoms with Gasteiger partial charge in [0.05, 0.1) is 28.6 Å². The summed E-state index contributed by atoms with van der Waals surface area (Å²) in [6, 6.07) is 18.5. The Morgan fingerprint density at radius 3 is 2.49 bits per heavy atom. The fourth-order valence-electron chi connectivity index (χ4n) is 5.31. The molecule has 1 aliphatic carbocycles. The molecule has 0 N–H and O–H groups in total. The molecule has 0 bridgehead atoms. The van der Waals surface area contributed by atoms with Gasteiger partial charge in [-0.25, -0.2) is 8.99 Å². The molecule has 2 aromatic carbocycles. The molecule has 39 heavy (non-hydrogen) atoms. The first-order chi connectivity index (χ1) is 18.7. The number of alkyl halides is 3. The second-order valence-electron chi connectivity index (χ2n) is 9.76. The van der Waals surface area contributed by atoms with Crippen molar-refractivity contribution in [2.75, 3.05) is 13.1 Å². The topological polar surface area (TPSA) is 51.0 Å². The van der Waals surface area contributed by atoms with Gasteiger partial charge in [-0.3, -0.25) is 9.78 Å². The van der Waals surface area contributed by atoms with Crippen molar-refractivity contribution in [2.24, 2.45) is 5.41 Å². The lowest BCUT2D eigenvalue weighted by atomic mass is 9.65. The normalized spacial score (nSPS) is 19.2. The van der Waals surface area contributed by atoms with Crippen LogP contribution in [-0.2, 0) is 12.6 Å². The number of carbonyl (C=O) groups excluding carboxylic acids is 1. The molecule has 0 amide bonds. The standard InChI is InChI=1S/C29H24F3N4OPS/c30-29(31,32)20-4-10-24(11-5-20)39-35-14-12-21-15-26-19(17-34-36(26)22-6-8-23(38)9-7-22)16-28(21,18-35)27(37)25-3-1-2-13-33-25/h1-11,13,15,17H,12,14,16,18,38H2. The van der Waals surface area contributed by atoms with Crippen LogP contribution >= 0.6 is 21.2 Å². The van der Waals surface area contributed by atoms with Crippen molar-refractivity contribution in [1.82, 2.24) is 19.1 Å². The molecule has 2 aliphatic rings. The molecule has 2 unspecified atom stereocenters. The first-order valence-electron chi connectivity index (χ1n) is 12.4. The van der Waals surface area contributed by atoms with Crippen molar-refractivity contribution < 1.29 is 18.0 Å². The second kappa shape index (κ2) is 10.0. The highest BCUT2D eigenvalue weighted by atomic mass is 32.2. The molecular formula is C29H24F3N4OPS. The summed E-state index contributed by atoms with van der Waals surface area (Å²) in [6.45, 7) is 1.06. The van der Waals surface area contributed by atoms with Crippen LogP contribution in [0.5, 0.6) is 0 Å². The summed E-state index contributed by atoms with van der Waals surface area (Å²) in [5, 5.41) is 5.74. The highest BCUT2D eigenvalue weighted by Gasteiger charge is 2.49. The van der Waals surface area contributed by atoms with Gasteiger partial charge in [0.1, 0.15) is 5.69 Å². The summed E-state index contributed by atoms with van der Waals surface area (Å²) < 4.78 is 43.1. The summed E-state index contributed by atoms with van der Waals surface area (Å²) in [5.74, 6) is -0.0576. The largest absolute Gasteiger partial charge is 0.416 e. The van der Waals surface area contributed by atoms with Crippen molar-refractivity contribution in [2.45, 2.75) is 23.9 Å². The molecule has 2 aromatic heterocycles. The number of pyridine rings is 1. The molecule has 198 valence electrons. The summed E-state index contributed by atoms with van der Waals surface area (Å²) >= 11 is 1.38. The van der Waals surface area contributed by atoms with Gasteiger partial charge in [0.2, 0.25) is 0 Å². The van der Waals surface area contributed by atoms with E-state index in [1.807, 2.05) is 35.1 Å². The van der Waals surface area contributed by atoms with Crippen LogP contribution in [0.4, 0.5) is 13.2 Å². The molecule has 0 saturated carbocycles. The predicted octanol–water partition coefficient (Wildman–Crippen LogP) is 6.01. The third-order valence-corrected chi connectivity index (χ3v) is 8.70. The highest BCUT2D eigenvalue weighted by molar-refractivity contribution is 7.97. The third kappa shape index (κ3) is 4.95. The predicted molar refractivity (Wildman–Crippen MR) is 149 cm³/mol. The Kier molecular flexibility index (Phi) is 6.69. The molecule has 0 spiro atoms. The van der Waals surface area contributed by atoms with Crippen LogP contribution in [-0.4, -0.2) is 37.9 Å². The molecule has 10 heteroatoms. The number of carbonyl (C=O) groups is 1. The number of piperidine rings is 1. The minimum atomic E-state index is -4.38. The third-order valence-electron chi connectivity index (χ3n) is 7.27. The van der Waals surface area contributed by atoms with E-state index in [1.165, 1.54) is 24.1 Å². The van der Waals surface area contributed by atoms with Gasteiger partial charge < -0.3 is 0 Å². The molecule has 1 aliphatic heterocycles. The van der Waals surface area contributed by atoms with Crippen molar-refractivity contribution in [3.63, 3.8) is 0 Å². The van der Waals surface area contributed by atoms with E-state index in [2.05, 4.69) is 29.7 Å². The summed E-state index contributed by atoms with van der Waals surface area (Å²) in [7, 11) is 2.68. The van der Waals surface area contributed by atoms with Crippen molar-refractivity contribution in [3.05, 3.63) is 107 Å². The molecule has 2 atom stereocenters. The molecule has 3 heterocycles. The highest BCUT2D eigenvalue weighted by Crippen LogP contribution is 2.48. The molecule has 4 aromatic rings. The number of aromatic nitrogens is 3. The summed E-state index contributed by atoms with van der Waals surface area (Å²) in [6.07, 6.45) is 2.27. The first kappa shape index (κ1) is 26.0. The van der Waals surface area contributed by atoms with Gasteiger partial charge in [0.25, 0.3) is 0 Å². The number of nitrogens with zero attached hydrogens (tertiary/aromatic N) is 4. The Labute approximate surface area is 230 Å². The number of hydrogen-bond donors (Lipinski definition) is 0. The summed E-state index contributed by atoms with van der Waals surface area (Å²) in [4.78, 5) is 19.2. The first-order valence-corrected chi connectivity index (χ1v) is 13.8. The zero-order valence-electron chi connectivity index (χ0n) is 20.7. The van der Waals surface area contributed by atoms with E-state index in [-0.39, 0.29) is 5.78 Å². The smallest absolute Gasteiger partial charge is 0.291 e. The number of benzene rings is 2. The molecule has 5 nitrogen and oxygen atoms in total. The Morgan fingerprint density at radius 1 is 1.03 bits per heavy atom. The van der Waals surface area contributed by atoms with Crippen LogP contribution in [0.2, 0.25) is 0 Å². The number of hydrogen-bond acceptors (Lipinski definition) is 5. The Balaban J connectivity index is 1.35. The maximum absolute atomic E-state index is 14.1. The lowest BCUT2D eigenvalue weighted by molar-refractivity contribution is -0.137. The Hall–Kier alpha value is -3.26. The Morgan fingerprint density at radius 2 is 1.79 bits per heavy atom. The molecule has 1 saturated heterocycles. The van der Waals surface area contributed by atoms with Crippen molar-refractivity contribution >= 4 is 38.4 Å². The van der Waals surface area contributed by atoms with Gasteiger partial charge in [-0.15, -0.1) is 9.24 Å². The number of fused-ring (bicyclic) bond motifs is 2. The maximum Gasteiger partial charge on any atom is 0.416 e. The SMILES string of the molecule is O=C(c1ccccn1)C12Cc3cnn(-c4ccc(P)cc4)c3C=C1CCN(Sc1ccc(C(F)(F)F)cc1)C2. The van der Waals surface area contributed by atoms with Crippen molar-refractivity contribution in [1.29, 1.82) is 0 Å². The van der Waals surface area contributed by atoms with E-state index < -0.39 is 17.2 Å². The molecular weight excluding hydrogens is 540 g/mol. The van der Waals surface area contributed by atoms with Crippen LogP contribution in [0.1, 0.15) is 33.7 Å². The van der Waals surface area contributed by atoms with E-state index >= 15 is 0 Å². The molecule has 1 fully saturated rings. The monoisotopic (exact) mass is 564 g/mol.